The normalized spacial score (nSPS) is 11.3. The maximum Gasteiger partial charge on any atom is 0.254 e. The van der Waals surface area contributed by atoms with Gasteiger partial charge in [0.1, 0.15) is 5.75 Å². The molecule has 0 spiro atoms. The van der Waals surface area contributed by atoms with E-state index in [1.54, 1.807) is 24.3 Å². The van der Waals surface area contributed by atoms with Crippen molar-refractivity contribution in [2.45, 2.75) is 6.10 Å². The van der Waals surface area contributed by atoms with Crippen molar-refractivity contribution in [1.29, 1.82) is 0 Å². The number of nitrogens with one attached hydrogen (secondary N) is 1. The Balaban J connectivity index is 2.75. The van der Waals surface area contributed by atoms with E-state index < -0.39 is 12.0 Å². The number of rotatable bonds is 4. The molecule has 0 saturated heterocycles. The molecule has 1 unspecified atom stereocenters. The highest BCUT2D eigenvalue weighted by molar-refractivity contribution is 5.82. The lowest BCUT2D eigenvalue weighted by atomic mass is 10.1. The molecule has 0 fully saturated rings. The first-order chi connectivity index (χ1) is 7.69. The van der Waals surface area contributed by atoms with Gasteiger partial charge in [-0.1, -0.05) is 18.1 Å². The van der Waals surface area contributed by atoms with Gasteiger partial charge in [-0.15, -0.1) is 6.42 Å². The average Bonchev–Trinajstić information content (AvgIpc) is 2.35. The topological polar surface area (TPSA) is 58.6 Å². The van der Waals surface area contributed by atoms with Crippen molar-refractivity contribution in [1.82, 2.24) is 5.32 Å². The molecule has 0 aliphatic heterocycles. The fourth-order valence-corrected chi connectivity index (χ4v) is 1.20. The molecule has 2 N–H and O–H groups in total. The minimum absolute atomic E-state index is 0.0971. The van der Waals surface area contributed by atoms with Gasteiger partial charge in [0.2, 0.25) is 0 Å². The van der Waals surface area contributed by atoms with Gasteiger partial charge in [0.05, 0.1) is 13.7 Å². The molecule has 16 heavy (non-hydrogen) atoms. The van der Waals surface area contributed by atoms with Gasteiger partial charge in [0, 0.05) is 0 Å². The number of methoxy groups -OCH3 is 1. The van der Waals surface area contributed by atoms with Gasteiger partial charge >= 0.3 is 0 Å². The minimum Gasteiger partial charge on any atom is -0.497 e. The van der Waals surface area contributed by atoms with E-state index in [2.05, 4.69) is 11.2 Å². The average molecular weight is 219 g/mol. The molecule has 1 aromatic carbocycles. The van der Waals surface area contributed by atoms with Crippen molar-refractivity contribution in [2.24, 2.45) is 0 Å². The summed E-state index contributed by atoms with van der Waals surface area (Å²) in [6, 6.07) is 6.67. The molecule has 0 heterocycles. The molecule has 84 valence electrons. The summed E-state index contributed by atoms with van der Waals surface area (Å²) in [4.78, 5) is 11.4. The van der Waals surface area contributed by atoms with E-state index in [1.165, 1.54) is 7.11 Å². The Bertz CT molecular complexity index is 409. The molecule has 1 atom stereocenters. The Morgan fingerprint density at radius 1 is 1.69 bits per heavy atom. The Kier molecular flexibility index (Phi) is 4.37. The van der Waals surface area contributed by atoms with Crippen molar-refractivity contribution in [3.8, 4) is 18.1 Å². The number of hydrogen-bond acceptors (Lipinski definition) is 3. The predicted molar refractivity (Wildman–Crippen MR) is 59.8 cm³/mol. The van der Waals surface area contributed by atoms with Gasteiger partial charge in [0.15, 0.2) is 6.10 Å². The number of aliphatic hydroxyl groups excluding tert-OH is 1. The molecule has 1 amide bonds. The Morgan fingerprint density at radius 3 is 3.06 bits per heavy atom. The fourth-order valence-electron chi connectivity index (χ4n) is 1.20. The van der Waals surface area contributed by atoms with Crippen LogP contribution in [0.2, 0.25) is 0 Å². The van der Waals surface area contributed by atoms with Crippen LogP contribution in [0.1, 0.15) is 11.7 Å². The number of carbonyl (C=O) groups is 1. The molecule has 1 rings (SSSR count). The first kappa shape index (κ1) is 12.1. The first-order valence-corrected chi connectivity index (χ1v) is 4.72. The zero-order valence-corrected chi connectivity index (χ0v) is 8.93. The molecular weight excluding hydrogens is 206 g/mol. The highest BCUT2D eigenvalue weighted by atomic mass is 16.5. The van der Waals surface area contributed by atoms with Crippen LogP contribution < -0.4 is 10.1 Å². The van der Waals surface area contributed by atoms with E-state index in [-0.39, 0.29) is 6.54 Å². The third-order valence-corrected chi connectivity index (χ3v) is 2.02. The summed E-state index contributed by atoms with van der Waals surface area (Å²) in [6.07, 6.45) is 3.76. The summed E-state index contributed by atoms with van der Waals surface area (Å²) in [5.41, 5.74) is 0.467. The van der Waals surface area contributed by atoms with Crippen LogP contribution in [0.15, 0.2) is 24.3 Å². The second-order valence-corrected chi connectivity index (χ2v) is 3.10. The van der Waals surface area contributed by atoms with E-state index in [0.717, 1.165) is 0 Å². The van der Waals surface area contributed by atoms with Crippen molar-refractivity contribution < 1.29 is 14.6 Å². The standard InChI is InChI=1S/C12H13NO3/c1-3-7-13-12(15)11(14)9-5-4-6-10(8-9)16-2/h1,4-6,8,11,14H,7H2,2H3,(H,13,15). The summed E-state index contributed by atoms with van der Waals surface area (Å²) in [5.74, 6) is 2.32. The summed E-state index contributed by atoms with van der Waals surface area (Å²) in [5, 5.41) is 12.1. The molecule has 4 heteroatoms. The van der Waals surface area contributed by atoms with Gasteiger partial charge in [-0.2, -0.15) is 0 Å². The smallest absolute Gasteiger partial charge is 0.254 e. The monoisotopic (exact) mass is 219 g/mol. The molecule has 4 nitrogen and oxygen atoms in total. The number of benzene rings is 1. The summed E-state index contributed by atoms with van der Waals surface area (Å²) >= 11 is 0. The third kappa shape index (κ3) is 3.01. The van der Waals surface area contributed by atoms with Crippen LogP contribution in [0.5, 0.6) is 5.75 Å². The second-order valence-electron chi connectivity index (χ2n) is 3.10. The Morgan fingerprint density at radius 2 is 2.44 bits per heavy atom. The lowest BCUT2D eigenvalue weighted by molar-refractivity contribution is -0.129. The third-order valence-electron chi connectivity index (χ3n) is 2.02. The van der Waals surface area contributed by atoms with Crippen LogP contribution in [-0.2, 0) is 4.79 Å². The SMILES string of the molecule is C#CCNC(=O)C(O)c1cccc(OC)c1. The fraction of sp³-hybridized carbons (Fsp3) is 0.250. The number of terminal acetylenes is 1. The van der Waals surface area contributed by atoms with Gasteiger partial charge in [-0.25, -0.2) is 0 Å². The van der Waals surface area contributed by atoms with Gasteiger partial charge < -0.3 is 15.2 Å². The summed E-state index contributed by atoms with van der Waals surface area (Å²) < 4.78 is 4.99. The lowest BCUT2D eigenvalue weighted by Crippen LogP contribution is -2.29. The van der Waals surface area contributed by atoms with E-state index in [1.807, 2.05) is 0 Å². The maximum atomic E-state index is 11.4. The minimum atomic E-state index is -1.23. The van der Waals surface area contributed by atoms with E-state index >= 15 is 0 Å². The number of aliphatic hydroxyl groups is 1. The molecule has 0 aliphatic carbocycles. The summed E-state index contributed by atoms with van der Waals surface area (Å²) in [7, 11) is 1.52. The first-order valence-electron chi connectivity index (χ1n) is 4.72. The van der Waals surface area contributed by atoms with Gasteiger partial charge in [0.25, 0.3) is 5.91 Å². The van der Waals surface area contributed by atoms with Crippen molar-refractivity contribution in [3.63, 3.8) is 0 Å². The molecule has 0 aromatic heterocycles. The predicted octanol–water partition coefficient (Wildman–Crippen LogP) is 0.478. The molecule has 0 aliphatic rings. The molecular formula is C12H13NO3. The molecule has 0 bridgehead atoms. The Hall–Kier alpha value is -1.99. The van der Waals surface area contributed by atoms with Gasteiger partial charge in [-0.05, 0) is 17.7 Å². The number of amides is 1. The zero-order chi connectivity index (χ0) is 12.0. The van der Waals surface area contributed by atoms with Crippen LogP contribution in [0.25, 0.3) is 0 Å². The van der Waals surface area contributed by atoms with Crippen LogP contribution in [0.4, 0.5) is 0 Å². The number of ether oxygens (including phenoxy) is 1. The quantitative estimate of drug-likeness (QED) is 0.724. The van der Waals surface area contributed by atoms with Crippen molar-refractivity contribution in [2.75, 3.05) is 13.7 Å². The molecule has 0 radical (unpaired) electrons. The van der Waals surface area contributed by atoms with Crippen LogP contribution in [-0.4, -0.2) is 24.7 Å². The van der Waals surface area contributed by atoms with Crippen molar-refractivity contribution >= 4 is 5.91 Å². The lowest BCUT2D eigenvalue weighted by Gasteiger charge is -2.11. The van der Waals surface area contributed by atoms with E-state index in [9.17, 15) is 9.90 Å². The van der Waals surface area contributed by atoms with E-state index in [0.29, 0.717) is 11.3 Å². The Labute approximate surface area is 94.2 Å². The molecule has 0 saturated carbocycles. The largest absolute Gasteiger partial charge is 0.497 e. The summed E-state index contributed by atoms with van der Waals surface area (Å²) in [6.45, 7) is 0.0971. The zero-order valence-electron chi connectivity index (χ0n) is 8.93. The molecule has 1 aromatic rings. The van der Waals surface area contributed by atoms with Crippen LogP contribution in [0, 0.1) is 12.3 Å². The van der Waals surface area contributed by atoms with E-state index in [4.69, 9.17) is 11.2 Å². The number of hydrogen-bond donors (Lipinski definition) is 2. The number of carbonyl (C=O) groups excluding carboxylic acids is 1. The van der Waals surface area contributed by atoms with Crippen molar-refractivity contribution in [3.05, 3.63) is 29.8 Å². The second kappa shape index (κ2) is 5.79. The van der Waals surface area contributed by atoms with Crippen LogP contribution >= 0.6 is 0 Å². The van der Waals surface area contributed by atoms with Crippen LogP contribution in [0.3, 0.4) is 0 Å². The maximum absolute atomic E-state index is 11.4. The highest BCUT2D eigenvalue weighted by Crippen LogP contribution is 2.18. The van der Waals surface area contributed by atoms with Gasteiger partial charge in [-0.3, -0.25) is 4.79 Å². The highest BCUT2D eigenvalue weighted by Gasteiger charge is 2.16.